The number of rotatable bonds is 4. The molecule has 0 radical (unpaired) electrons. The van der Waals surface area contributed by atoms with Gasteiger partial charge in [-0.05, 0) is 34.0 Å². The number of likely N-dealkylation sites (tertiary alicyclic amines) is 1. The minimum atomic E-state index is 0.707. The summed E-state index contributed by atoms with van der Waals surface area (Å²) in [6.07, 6.45) is 2.48. The van der Waals surface area contributed by atoms with Crippen LogP contribution in [0.1, 0.15) is 26.7 Å². The van der Waals surface area contributed by atoms with Crippen LogP contribution < -0.4 is 5.32 Å². The number of hydrogen-bond donors (Lipinski definition) is 1. The molecule has 0 saturated carbocycles. The van der Waals surface area contributed by atoms with Crippen molar-refractivity contribution >= 4 is 0 Å². The lowest BCUT2D eigenvalue weighted by Crippen LogP contribution is -2.42. The van der Waals surface area contributed by atoms with Crippen LogP contribution in [0.3, 0.4) is 0 Å². The minimum Gasteiger partial charge on any atom is -0.374 e. The molecule has 0 aromatic rings. The smallest absolute Gasteiger partial charge is 0.0371 e. The molecule has 1 aliphatic rings. The third-order valence-corrected chi connectivity index (χ3v) is 2.85. The van der Waals surface area contributed by atoms with Crippen molar-refractivity contribution in [2.24, 2.45) is 0 Å². The highest BCUT2D eigenvalue weighted by Gasteiger charge is 2.18. The van der Waals surface area contributed by atoms with Crippen molar-refractivity contribution in [2.75, 3.05) is 40.8 Å². The maximum absolute atomic E-state index is 4.13. The standard InChI is InChI=1S/C11H23N3.C2H6/c1-10(9-13(3)4)14-7-5-11(12-2)6-8-14;1-2/h11-12H,1,5-9H2,2-4H3;1-2H3. The van der Waals surface area contributed by atoms with E-state index in [0.29, 0.717) is 6.04 Å². The molecule has 0 unspecified atom stereocenters. The minimum absolute atomic E-state index is 0.707. The third-order valence-electron chi connectivity index (χ3n) is 2.85. The van der Waals surface area contributed by atoms with Crippen LogP contribution in [0, 0.1) is 0 Å². The lowest BCUT2D eigenvalue weighted by molar-refractivity contribution is 0.231. The first-order valence-corrected chi connectivity index (χ1v) is 6.38. The first-order valence-electron chi connectivity index (χ1n) is 6.38. The Bertz CT molecular complexity index is 182. The number of piperidine rings is 1. The Hall–Kier alpha value is -0.540. The predicted molar refractivity (Wildman–Crippen MR) is 72.7 cm³/mol. The molecule has 1 N–H and O–H groups in total. The average molecular weight is 227 g/mol. The van der Waals surface area contributed by atoms with Gasteiger partial charge in [0.15, 0.2) is 0 Å². The third kappa shape index (κ3) is 5.52. The Kier molecular flexibility index (Phi) is 8.30. The summed E-state index contributed by atoms with van der Waals surface area (Å²) in [6.45, 7) is 11.4. The summed E-state index contributed by atoms with van der Waals surface area (Å²) in [7, 11) is 6.23. The van der Waals surface area contributed by atoms with Gasteiger partial charge in [0.25, 0.3) is 0 Å². The molecule has 3 heteroatoms. The van der Waals surface area contributed by atoms with Crippen LogP contribution in [0.4, 0.5) is 0 Å². The maximum atomic E-state index is 4.13. The van der Waals surface area contributed by atoms with E-state index in [9.17, 15) is 0 Å². The molecule has 0 aromatic carbocycles. The predicted octanol–water partition coefficient (Wildman–Crippen LogP) is 1.77. The summed E-state index contributed by atoms with van der Waals surface area (Å²) < 4.78 is 0. The van der Waals surface area contributed by atoms with E-state index in [1.165, 1.54) is 18.5 Å². The summed E-state index contributed by atoms with van der Waals surface area (Å²) in [5.41, 5.74) is 1.25. The van der Waals surface area contributed by atoms with Crippen LogP contribution in [-0.4, -0.2) is 56.6 Å². The second-order valence-electron chi connectivity index (χ2n) is 4.35. The molecular weight excluding hydrogens is 198 g/mol. The number of hydrogen-bond acceptors (Lipinski definition) is 3. The zero-order valence-electron chi connectivity index (χ0n) is 11.7. The van der Waals surface area contributed by atoms with Crippen LogP contribution in [0.25, 0.3) is 0 Å². The molecule has 0 aromatic heterocycles. The van der Waals surface area contributed by atoms with Gasteiger partial charge in [-0.25, -0.2) is 0 Å². The van der Waals surface area contributed by atoms with E-state index in [-0.39, 0.29) is 0 Å². The van der Waals surface area contributed by atoms with Crippen LogP contribution >= 0.6 is 0 Å². The normalized spacial score (nSPS) is 17.0. The van der Waals surface area contributed by atoms with Crippen molar-refractivity contribution in [1.29, 1.82) is 0 Å². The van der Waals surface area contributed by atoms with Gasteiger partial charge >= 0.3 is 0 Å². The van der Waals surface area contributed by atoms with Crippen LogP contribution in [0.15, 0.2) is 12.3 Å². The van der Waals surface area contributed by atoms with E-state index in [2.05, 4.69) is 42.8 Å². The highest BCUT2D eigenvalue weighted by molar-refractivity contribution is 4.98. The molecule has 16 heavy (non-hydrogen) atoms. The van der Waals surface area contributed by atoms with Crippen molar-refractivity contribution in [3.63, 3.8) is 0 Å². The summed E-state index contributed by atoms with van der Waals surface area (Å²) in [5.74, 6) is 0. The summed E-state index contributed by atoms with van der Waals surface area (Å²) >= 11 is 0. The largest absolute Gasteiger partial charge is 0.374 e. The molecule has 3 nitrogen and oxygen atoms in total. The van der Waals surface area contributed by atoms with Gasteiger partial charge in [0.2, 0.25) is 0 Å². The molecule has 1 fully saturated rings. The number of likely N-dealkylation sites (N-methyl/N-ethyl adjacent to an activating group) is 1. The molecule has 0 bridgehead atoms. The average Bonchev–Trinajstić information content (AvgIpc) is 2.31. The fourth-order valence-corrected chi connectivity index (χ4v) is 1.95. The maximum Gasteiger partial charge on any atom is 0.0371 e. The highest BCUT2D eigenvalue weighted by Crippen LogP contribution is 2.14. The fraction of sp³-hybridized carbons (Fsp3) is 0.846. The Morgan fingerprint density at radius 2 is 1.81 bits per heavy atom. The molecule has 1 aliphatic heterocycles. The van der Waals surface area contributed by atoms with Gasteiger partial charge in [0.1, 0.15) is 0 Å². The first-order chi connectivity index (χ1) is 7.63. The van der Waals surface area contributed by atoms with E-state index >= 15 is 0 Å². The van der Waals surface area contributed by atoms with Gasteiger partial charge in [-0.1, -0.05) is 20.4 Å². The van der Waals surface area contributed by atoms with Gasteiger partial charge < -0.3 is 15.1 Å². The molecule has 1 heterocycles. The van der Waals surface area contributed by atoms with Crippen molar-refractivity contribution in [3.05, 3.63) is 12.3 Å². The van der Waals surface area contributed by atoms with Crippen molar-refractivity contribution < 1.29 is 0 Å². The van der Waals surface area contributed by atoms with Crippen molar-refractivity contribution in [3.8, 4) is 0 Å². The fourth-order valence-electron chi connectivity index (χ4n) is 1.95. The van der Waals surface area contributed by atoms with Crippen LogP contribution in [0.5, 0.6) is 0 Å². The zero-order chi connectivity index (χ0) is 12.6. The Morgan fingerprint density at radius 1 is 1.31 bits per heavy atom. The number of nitrogens with zero attached hydrogens (tertiary/aromatic N) is 2. The monoisotopic (exact) mass is 227 g/mol. The van der Waals surface area contributed by atoms with Gasteiger partial charge in [-0.2, -0.15) is 0 Å². The Balaban J connectivity index is 0.00000106. The van der Waals surface area contributed by atoms with Gasteiger partial charge in [-0.3, -0.25) is 0 Å². The lowest BCUT2D eigenvalue weighted by atomic mass is 10.0. The molecular formula is C13H29N3. The van der Waals surface area contributed by atoms with Crippen molar-refractivity contribution in [2.45, 2.75) is 32.7 Å². The van der Waals surface area contributed by atoms with E-state index in [1.54, 1.807) is 0 Å². The Morgan fingerprint density at radius 3 is 2.19 bits per heavy atom. The second kappa shape index (κ2) is 8.59. The van der Waals surface area contributed by atoms with E-state index in [1.807, 2.05) is 13.8 Å². The quantitative estimate of drug-likeness (QED) is 0.790. The van der Waals surface area contributed by atoms with Crippen molar-refractivity contribution in [1.82, 2.24) is 15.1 Å². The molecule has 0 aliphatic carbocycles. The highest BCUT2D eigenvalue weighted by atomic mass is 15.2. The summed E-state index contributed by atoms with van der Waals surface area (Å²) in [5, 5.41) is 3.34. The summed E-state index contributed by atoms with van der Waals surface area (Å²) in [6, 6.07) is 0.707. The number of nitrogens with one attached hydrogen (secondary N) is 1. The summed E-state index contributed by atoms with van der Waals surface area (Å²) in [4.78, 5) is 4.58. The topological polar surface area (TPSA) is 18.5 Å². The first kappa shape index (κ1) is 15.5. The van der Waals surface area contributed by atoms with E-state index in [4.69, 9.17) is 0 Å². The van der Waals surface area contributed by atoms with Gasteiger partial charge in [-0.15, -0.1) is 0 Å². The lowest BCUT2D eigenvalue weighted by Gasteiger charge is -2.35. The molecule has 0 spiro atoms. The van der Waals surface area contributed by atoms with Crippen LogP contribution in [-0.2, 0) is 0 Å². The molecule has 1 saturated heterocycles. The van der Waals surface area contributed by atoms with E-state index in [0.717, 1.165) is 19.6 Å². The second-order valence-corrected chi connectivity index (χ2v) is 4.35. The molecule has 96 valence electrons. The van der Waals surface area contributed by atoms with E-state index < -0.39 is 0 Å². The van der Waals surface area contributed by atoms with Gasteiger partial charge in [0.05, 0.1) is 0 Å². The molecule has 0 atom stereocenters. The van der Waals surface area contributed by atoms with Crippen LogP contribution in [0.2, 0.25) is 0 Å². The van der Waals surface area contributed by atoms with Gasteiger partial charge in [0, 0.05) is 31.4 Å². The zero-order valence-corrected chi connectivity index (χ0v) is 11.7. The SMILES string of the molecule is C=C(CN(C)C)N1CCC(NC)CC1.CC. The Labute approximate surface area is 101 Å². The molecule has 1 rings (SSSR count). The molecule has 0 amide bonds.